The van der Waals surface area contributed by atoms with Gasteiger partial charge in [-0.25, -0.2) is 14.6 Å². The molecule has 0 unspecified atom stereocenters. The number of carbonyl (C=O) groups excluding carboxylic acids is 2. The molecule has 1 aromatic carbocycles. The fourth-order valence-corrected chi connectivity index (χ4v) is 3.41. The van der Waals surface area contributed by atoms with E-state index in [4.69, 9.17) is 14.0 Å². The third-order valence-electron chi connectivity index (χ3n) is 4.03. The van der Waals surface area contributed by atoms with E-state index < -0.39 is 11.9 Å². The molecule has 3 aromatic rings. The van der Waals surface area contributed by atoms with Crippen molar-refractivity contribution in [1.29, 1.82) is 0 Å². The molecule has 0 aliphatic rings. The van der Waals surface area contributed by atoms with Gasteiger partial charge in [0, 0.05) is 24.1 Å². The average Bonchev–Trinajstić information content (AvgIpc) is 3.21. The van der Waals surface area contributed by atoms with Crippen LogP contribution in [-0.4, -0.2) is 36.3 Å². The lowest BCUT2D eigenvalue weighted by molar-refractivity contribution is -0.134. The van der Waals surface area contributed by atoms with E-state index in [9.17, 15) is 9.59 Å². The van der Waals surface area contributed by atoms with Gasteiger partial charge in [0.05, 0.1) is 25.5 Å². The maximum absolute atomic E-state index is 12.8. The summed E-state index contributed by atoms with van der Waals surface area (Å²) < 4.78 is 20.5. The van der Waals surface area contributed by atoms with Crippen LogP contribution in [0.3, 0.4) is 0 Å². The number of hydrogen-bond acceptors (Lipinski definition) is 9. The van der Waals surface area contributed by atoms with Crippen molar-refractivity contribution in [3.05, 3.63) is 71.3 Å². The second kappa shape index (κ2) is 10.4. The molecule has 9 heteroatoms. The van der Waals surface area contributed by atoms with Crippen molar-refractivity contribution >= 4 is 29.8 Å². The Morgan fingerprint density at radius 1 is 1.16 bits per heavy atom. The van der Waals surface area contributed by atoms with E-state index in [2.05, 4.69) is 14.9 Å². The van der Waals surface area contributed by atoms with Gasteiger partial charge in [-0.15, -0.1) is 0 Å². The molecule has 0 saturated heterocycles. The predicted octanol–water partition coefficient (Wildman–Crippen LogP) is 4.08. The number of nitrogens with zero attached hydrogens (tertiary/aromatic N) is 2. The summed E-state index contributed by atoms with van der Waals surface area (Å²) in [6.07, 6.45) is 4.47. The van der Waals surface area contributed by atoms with E-state index in [1.807, 2.05) is 13.0 Å². The van der Waals surface area contributed by atoms with E-state index in [1.165, 1.54) is 32.1 Å². The second-order valence-corrected chi connectivity index (χ2v) is 7.19. The Labute approximate surface area is 183 Å². The molecule has 3 rings (SSSR count). The third kappa shape index (κ3) is 5.95. The first-order chi connectivity index (χ1) is 15.0. The van der Waals surface area contributed by atoms with Gasteiger partial charge in [-0.2, -0.15) is 0 Å². The number of carbonyl (C=O) groups is 2. The summed E-state index contributed by atoms with van der Waals surface area (Å²) in [5.74, 6) is 0.762. The van der Waals surface area contributed by atoms with Crippen LogP contribution in [0.2, 0.25) is 0 Å². The molecule has 160 valence electrons. The molecule has 0 spiro atoms. The van der Waals surface area contributed by atoms with Crippen LogP contribution in [0.25, 0.3) is 6.08 Å². The van der Waals surface area contributed by atoms with Crippen LogP contribution in [0.1, 0.15) is 27.4 Å². The van der Waals surface area contributed by atoms with Gasteiger partial charge in [0.2, 0.25) is 0 Å². The zero-order valence-corrected chi connectivity index (χ0v) is 18.0. The molecular weight excluding hydrogens is 420 g/mol. The van der Waals surface area contributed by atoms with Crippen molar-refractivity contribution in [2.45, 2.75) is 17.7 Å². The lowest BCUT2D eigenvalue weighted by Crippen LogP contribution is -2.11. The van der Waals surface area contributed by atoms with Crippen molar-refractivity contribution in [2.24, 2.45) is 0 Å². The topological polar surface area (TPSA) is 101 Å². The predicted molar refractivity (Wildman–Crippen MR) is 114 cm³/mol. The number of benzene rings is 1. The van der Waals surface area contributed by atoms with Crippen LogP contribution >= 0.6 is 11.8 Å². The third-order valence-corrected chi connectivity index (χ3v) is 5.07. The monoisotopic (exact) mass is 440 g/mol. The summed E-state index contributed by atoms with van der Waals surface area (Å²) in [5, 5.41) is 4.46. The Kier molecular flexibility index (Phi) is 7.45. The van der Waals surface area contributed by atoms with Crippen LogP contribution in [0.4, 0.5) is 0 Å². The van der Waals surface area contributed by atoms with Crippen LogP contribution in [-0.2, 0) is 15.3 Å². The van der Waals surface area contributed by atoms with Crippen LogP contribution in [0.5, 0.6) is 11.5 Å². The van der Waals surface area contributed by atoms with E-state index >= 15 is 0 Å². The largest absolute Gasteiger partial charge is 0.493 e. The standard InChI is InChI=1S/C22H20N2O6S/c1-14-11-16(24-30-14)13-31-21-17(5-4-10-23-21)22(26)29-18-8-6-15(12-19(18)27-2)7-9-20(25)28-3/h4-12H,13H2,1-3H3/b9-7+. The first kappa shape index (κ1) is 22.1. The maximum atomic E-state index is 12.8. The zero-order valence-electron chi connectivity index (χ0n) is 17.2. The van der Waals surface area contributed by atoms with E-state index in [1.54, 1.807) is 42.6 Å². The van der Waals surface area contributed by atoms with Crippen LogP contribution in [0, 0.1) is 6.92 Å². The summed E-state index contributed by atoms with van der Waals surface area (Å²) in [5.41, 5.74) is 1.76. The number of thioether (sulfide) groups is 1. The van der Waals surface area contributed by atoms with Gasteiger partial charge in [0.25, 0.3) is 0 Å². The molecule has 2 aromatic heterocycles. The Balaban J connectivity index is 1.75. The van der Waals surface area contributed by atoms with Gasteiger partial charge < -0.3 is 18.7 Å². The molecule has 0 bridgehead atoms. The molecular formula is C22H20N2O6S. The molecule has 8 nitrogen and oxygen atoms in total. The van der Waals surface area contributed by atoms with Crippen molar-refractivity contribution in [2.75, 3.05) is 14.2 Å². The van der Waals surface area contributed by atoms with E-state index in [-0.39, 0.29) is 5.75 Å². The van der Waals surface area contributed by atoms with E-state index in [0.29, 0.717) is 33.4 Å². The molecule has 0 amide bonds. The van der Waals surface area contributed by atoms with Crippen molar-refractivity contribution in [3.8, 4) is 11.5 Å². The number of aryl methyl sites for hydroxylation is 1. The Hall–Kier alpha value is -3.59. The van der Waals surface area contributed by atoms with Crippen molar-refractivity contribution < 1.29 is 28.3 Å². The Morgan fingerprint density at radius 2 is 2.00 bits per heavy atom. The highest BCUT2D eigenvalue weighted by atomic mass is 32.2. The number of esters is 2. The first-order valence-corrected chi connectivity index (χ1v) is 10.1. The number of ether oxygens (including phenoxy) is 3. The highest BCUT2D eigenvalue weighted by Gasteiger charge is 2.18. The highest BCUT2D eigenvalue weighted by Crippen LogP contribution is 2.31. The zero-order chi connectivity index (χ0) is 22.2. The molecule has 31 heavy (non-hydrogen) atoms. The van der Waals surface area contributed by atoms with Crippen LogP contribution in [0.15, 0.2) is 58.2 Å². The lowest BCUT2D eigenvalue weighted by atomic mass is 10.2. The Bertz CT molecular complexity index is 1110. The molecule has 0 radical (unpaired) electrons. The first-order valence-electron chi connectivity index (χ1n) is 9.16. The van der Waals surface area contributed by atoms with Crippen molar-refractivity contribution in [1.82, 2.24) is 10.1 Å². The minimum Gasteiger partial charge on any atom is -0.493 e. The molecule has 0 aliphatic heterocycles. The summed E-state index contributed by atoms with van der Waals surface area (Å²) in [6, 6.07) is 10.1. The van der Waals surface area contributed by atoms with Crippen LogP contribution < -0.4 is 9.47 Å². The van der Waals surface area contributed by atoms with Gasteiger partial charge in [-0.1, -0.05) is 23.0 Å². The molecule has 0 saturated carbocycles. The van der Waals surface area contributed by atoms with Gasteiger partial charge in [0.1, 0.15) is 10.8 Å². The molecule has 2 heterocycles. The van der Waals surface area contributed by atoms with Gasteiger partial charge in [-0.3, -0.25) is 0 Å². The van der Waals surface area contributed by atoms with Crippen molar-refractivity contribution in [3.63, 3.8) is 0 Å². The number of rotatable bonds is 8. The SMILES string of the molecule is COC(=O)/C=C/c1ccc(OC(=O)c2cccnc2SCc2cc(C)on2)c(OC)c1. The summed E-state index contributed by atoms with van der Waals surface area (Å²) in [7, 11) is 2.76. The quantitative estimate of drug-likeness (QED) is 0.222. The molecule has 0 atom stereocenters. The second-order valence-electron chi connectivity index (χ2n) is 6.23. The number of hydrogen-bond donors (Lipinski definition) is 0. The fourth-order valence-electron chi connectivity index (χ4n) is 2.55. The minimum atomic E-state index is -0.567. The maximum Gasteiger partial charge on any atom is 0.346 e. The fraction of sp³-hybridized carbons (Fsp3) is 0.182. The van der Waals surface area contributed by atoms with Gasteiger partial charge in [0.15, 0.2) is 11.5 Å². The number of aromatic nitrogens is 2. The van der Waals surface area contributed by atoms with Gasteiger partial charge in [-0.05, 0) is 42.8 Å². The number of pyridine rings is 1. The Morgan fingerprint density at radius 3 is 2.71 bits per heavy atom. The smallest absolute Gasteiger partial charge is 0.346 e. The number of methoxy groups -OCH3 is 2. The minimum absolute atomic E-state index is 0.245. The summed E-state index contributed by atoms with van der Waals surface area (Å²) in [6.45, 7) is 1.81. The van der Waals surface area contributed by atoms with E-state index in [0.717, 1.165) is 5.69 Å². The lowest BCUT2D eigenvalue weighted by Gasteiger charge is -2.11. The normalized spacial score (nSPS) is 10.8. The molecule has 0 fully saturated rings. The summed E-state index contributed by atoms with van der Waals surface area (Å²) >= 11 is 1.36. The average molecular weight is 440 g/mol. The molecule has 0 aliphatic carbocycles. The molecule has 0 N–H and O–H groups in total. The van der Waals surface area contributed by atoms with Gasteiger partial charge >= 0.3 is 11.9 Å². The highest BCUT2D eigenvalue weighted by molar-refractivity contribution is 7.98. The summed E-state index contributed by atoms with van der Waals surface area (Å²) in [4.78, 5) is 28.4.